The first-order valence-electron chi connectivity index (χ1n) is 7.92. The van der Waals surface area contributed by atoms with Crippen LogP contribution in [0.2, 0.25) is 0 Å². The summed E-state index contributed by atoms with van der Waals surface area (Å²) in [6.07, 6.45) is 1.07. The van der Waals surface area contributed by atoms with Gasteiger partial charge >= 0.3 is 6.09 Å². The Morgan fingerprint density at radius 2 is 1.96 bits per heavy atom. The molecule has 2 aliphatic heterocycles. The first-order chi connectivity index (χ1) is 11.0. The van der Waals surface area contributed by atoms with Gasteiger partial charge in [-0.1, -0.05) is 29.8 Å². The number of rotatable bonds is 4. The Labute approximate surface area is 137 Å². The number of ether oxygens (including phenoxy) is 1. The molecule has 1 aromatic carbocycles. The number of hydrogen-bond acceptors (Lipinski definition) is 4. The summed E-state index contributed by atoms with van der Waals surface area (Å²) in [4.78, 5) is 13.3. The number of amides is 1. The monoisotopic (exact) mass is 338 g/mol. The molecule has 0 N–H and O–H groups in total. The number of carbonyl (C=O) groups is 1. The van der Waals surface area contributed by atoms with Gasteiger partial charge in [-0.2, -0.15) is 0 Å². The van der Waals surface area contributed by atoms with E-state index in [4.69, 9.17) is 4.74 Å². The SMILES string of the molecule is Cc1cccc(CS(=O)(=O)N2CCC(N3CCOC3=O)CC2)c1. The van der Waals surface area contributed by atoms with Gasteiger partial charge in [0.25, 0.3) is 0 Å². The Balaban J connectivity index is 1.61. The molecule has 0 unspecified atom stereocenters. The molecular formula is C16H22N2O4S. The standard InChI is InChI=1S/C16H22N2O4S/c1-13-3-2-4-14(11-13)12-23(20,21)17-7-5-15(6-8-17)18-9-10-22-16(18)19/h2-4,11,15H,5-10,12H2,1H3. The van der Waals surface area contributed by atoms with Crippen molar-refractivity contribution < 1.29 is 17.9 Å². The topological polar surface area (TPSA) is 66.9 Å². The quantitative estimate of drug-likeness (QED) is 0.839. The highest BCUT2D eigenvalue weighted by Crippen LogP contribution is 2.23. The van der Waals surface area contributed by atoms with Crippen LogP contribution in [-0.4, -0.2) is 56.0 Å². The summed E-state index contributed by atoms with van der Waals surface area (Å²) >= 11 is 0. The summed E-state index contributed by atoms with van der Waals surface area (Å²) in [7, 11) is -3.31. The van der Waals surface area contributed by atoms with Crippen LogP contribution in [0.3, 0.4) is 0 Å². The Morgan fingerprint density at radius 3 is 2.57 bits per heavy atom. The second-order valence-electron chi connectivity index (χ2n) is 6.18. The average molecular weight is 338 g/mol. The van der Waals surface area contributed by atoms with Crippen LogP contribution in [0.5, 0.6) is 0 Å². The number of cyclic esters (lactones) is 1. The Kier molecular flexibility index (Phi) is 4.59. The van der Waals surface area contributed by atoms with Gasteiger partial charge in [-0.15, -0.1) is 0 Å². The first-order valence-corrected chi connectivity index (χ1v) is 9.53. The van der Waals surface area contributed by atoms with Gasteiger partial charge in [0.2, 0.25) is 10.0 Å². The summed E-state index contributed by atoms with van der Waals surface area (Å²) in [5.41, 5.74) is 1.87. The van der Waals surface area contributed by atoms with E-state index in [0.29, 0.717) is 39.1 Å². The third-order valence-corrected chi connectivity index (χ3v) is 6.33. The van der Waals surface area contributed by atoms with Crippen molar-refractivity contribution in [2.75, 3.05) is 26.2 Å². The van der Waals surface area contributed by atoms with E-state index in [2.05, 4.69) is 0 Å². The zero-order valence-corrected chi connectivity index (χ0v) is 14.1. The lowest BCUT2D eigenvalue weighted by atomic mass is 10.1. The molecule has 2 saturated heterocycles. The molecular weight excluding hydrogens is 316 g/mol. The van der Waals surface area contributed by atoms with E-state index < -0.39 is 10.0 Å². The van der Waals surface area contributed by atoms with Crippen LogP contribution in [0.1, 0.15) is 24.0 Å². The number of piperidine rings is 1. The molecule has 2 heterocycles. The number of aryl methyl sites for hydroxylation is 1. The van der Waals surface area contributed by atoms with Crippen molar-refractivity contribution in [2.24, 2.45) is 0 Å². The van der Waals surface area contributed by atoms with Crippen LogP contribution in [-0.2, 0) is 20.5 Å². The second kappa shape index (κ2) is 6.49. The van der Waals surface area contributed by atoms with Gasteiger partial charge in [-0.3, -0.25) is 0 Å². The maximum absolute atomic E-state index is 12.6. The van der Waals surface area contributed by atoms with E-state index in [1.165, 1.54) is 0 Å². The molecule has 7 heteroatoms. The maximum Gasteiger partial charge on any atom is 0.410 e. The van der Waals surface area contributed by atoms with Gasteiger partial charge in [0.1, 0.15) is 6.61 Å². The summed E-state index contributed by atoms with van der Waals surface area (Å²) in [5.74, 6) is 0.0328. The molecule has 2 fully saturated rings. The highest BCUT2D eigenvalue weighted by Gasteiger charge is 2.35. The van der Waals surface area contributed by atoms with Gasteiger partial charge in [0.05, 0.1) is 12.3 Å². The van der Waals surface area contributed by atoms with Crippen molar-refractivity contribution in [1.82, 2.24) is 9.21 Å². The van der Waals surface area contributed by atoms with Crippen molar-refractivity contribution in [3.8, 4) is 0 Å². The van der Waals surface area contributed by atoms with Crippen LogP contribution in [0, 0.1) is 6.92 Å². The fourth-order valence-electron chi connectivity index (χ4n) is 3.27. The predicted octanol–water partition coefficient (Wildman–Crippen LogP) is 1.74. The van der Waals surface area contributed by atoms with E-state index in [1.54, 1.807) is 9.21 Å². The van der Waals surface area contributed by atoms with Crippen LogP contribution >= 0.6 is 0 Å². The van der Waals surface area contributed by atoms with E-state index in [-0.39, 0.29) is 17.9 Å². The molecule has 126 valence electrons. The van der Waals surface area contributed by atoms with Crippen LogP contribution < -0.4 is 0 Å². The molecule has 0 atom stereocenters. The number of benzene rings is 1. The first kappa shape index (κ1) is 16.3. The lowest BCUT2D eigenvalue weighted by Gasteiger charge is -2.34. The minimum atomic E-state index is -3.31. The Morgan fingerprint density at radius 1 is 1.22 bits per heavy atom. The van der Waals surface area contributed by atoms with Crippen molar-refractivity contribution >= 4 is 16.1 Å². The minimum Gasteiger partial charge on any atom is -0.448 e. The molecule has 0 radical (unpaired) electrons. The normalized spacial score (nSPS) is 20.7. The van der Waals surface area contributed by atoms with Crippen LogP contribution in [0.25, 0.3) is 0 Å². The van der Waals surface area contributed by atoms with Gasteiger partial charge < -0.3 is 9.64 Å². The third kappa shape index (κ3) is 3.67. The number of sulfonamides is 1. The summed E-state index contributed by atoms with van der Waals surface area (Å²) in [5, 5.41) is 0. The fraction of sp³-hybridized carbons (Fsp3) is 0.562. The summed E-state index contributed by atoms with van der Waals surface area (Å²) < 4.78 is 31.7. The Bertz CT molecular complexity index is 681. The van der Waals surface area contributed by atoms with Crippen molar-refractivity contribution in [1.29, 1.82) is 0 Å². The lowest BCUT2D eigenvalue weighted by Crippen LogP contribution is -2.47. The van der Waals surface area contributed by atoms with Crippen molar-refractivity contribution in [3.05, 3.63) is 35.4 Å². The van der Waals surface area contributed by atoms with Gasteiger partial charge in [0.15, 0.2) is 0 Å². The Hall–Kier alpha value is -1.60. The molecule has 0 bridgehead atoms. The van der Waals surface area contributed by atoms with Crippen molar-refractivity contribution in [2.45, 2.75) is 31.6 Å². The van der Waals surface area contributed by atoms with Gasteiger partial charge in [-0.05, 0) is 25.3 Å². The van der Waals surface area contributed by atoms with E-state index in [9.17, 15) is 13.2 Å². The molecule has 0 aliphatic carbocycles. The van der Waals surface area contributed by atoms with E-state index in [0.717, 1.165) is 11.1 Å². The van der Waals surface area contributed by atoms with Gasteiger partial charge in [0, 0.05) is 19.1 Å². The minimum absolute atomic E-state index is 0.0328. The molecule has 2 aliphatic rings. The average Bonchev–Trinajstić information content (AvgIpc) is 2.93. The maximum atomic E-state index is 12.6. The van der Waals surface area contributed by atoms with Crippen LogP contribution in [0.15, 0.2) is 24.3 Å². The van der Waals surface area contributed by atoms with E-state index >= 15 is 0 Å². The van der Waals surface area contributed by atoms with Gasteiger partial charge in [-0.25, -0.2) is 17.5 Å². The van der Waals surface area contributed by atoms with Crippen LogP contribution in [0.4, 0.5) is 4.79 Å². The third-order valence-electron chi connectivity index (χ3n) is 4.48. The molecule has 23 heavy (non-hydrogen) atoms. The number of carbonyl (C=O) groups excluding carboxylic acids is 1. The zero-order chi connectivity index (χ0) is 16.4. The summed E-state index contributed by atoms with van der Waals surface area (Å²) in [6.45, 7) is 3.92. The summed E-state index contributed by atoms with van der Waals surface area (Å²) in [6, 6.07) is 7.68. The molecule has 1 amide bonds. The molecule has 0 spiro atoms. The smallest absolute Gasteiger partial charge is 0.410 e. The van der Waals surface area contributed by atoms with E-state index in [1.807, 2.05) is 31.2 Å². The largest absolute Gasteiger partial charge is 0.448 e. The molecule has 1 aromatic rings. The number of nitrogens with zero attached hydrogens (tertiary/aromatic N) is 2. The molecule has 0 aromatic heterocycles. The molecule has 3 rings (SSSR count). The fourth-order valence-corrected chi connectivity index (χ4v) is 4.82. The highest BCUT2D eigenvalue weighted by atomic mass is 32.2. The lowest BCUT2D eigenvalue weighted by molar-refractivity contribution is 0.134. The molecule has 0 saturated carbocycles. The zero-order valence-electron chi connectivity index (χ0n) is 13.3. The van der Waals surface area contributed by atoms with Crippen molar-refractivity contribution in [3.63, 3.8) is 0 Å². The second-order valence-corrected chi connectivity index (χ2v) is 8.15. The number of hydrogen-bond donors (Lipinski definition) is 0. The highest BCUT2D eigenvalue weighted by molar-refractivity contribution is 7.88. The predicted molar refractivity (Wildman–Crippen MR) is 86.5 cm³/mol. The molecule has 6 nitrogen and oxygen atoms in total.